The van der Waals surface area contributed by atoms with Crippen LogP contribution in [0.2, 0.25) is 10.0 Å². The molecule has 108 valence electrons. The zero-order valence-corrected chi connectivity index (χ0v) is 13.3. The van der Waals surface area contributed by atoms with Crippen LogP contribution in [0.5, 0.6) is 5.75 Å². The molecule has 0 aliphatic rings. The van der Waals surface area contributed by atoms with Crippen LogP contribution in [-0.4, -0.2) is 13.9 Å². The van der Waals surface area contributed by atoms with Gasteiger partial charge in [-0.3, -0.25) is 0 Å². The molecule has 21 heavy (non-hydrogen) atoms. The summed E-state index contributed by atoms with van der Waals surface area (Å²) in [6.07, 6.45) is 0. The van der Waals surface area contributed by atoms with Crippen LogP contribution >= 0.6 is 34.9 Å². The summed E-state index contributed by atoms with van der Waals surface area (Å²) in [5, 5.41) is 14.2. The fourth-order valence-electron chi connectivity index (χ4n) is 2.16. The third-order valence-electron chi connectivity index (χ3n) is 3.21. The quantitative estimate of drug-likeness (QED) is 0.714. The Labute approximate surface area is 135 Å². The molecule has 0 aliphatic carbocycles. The Morgan fingerprint density at radius 1 is 1.14 bits per heavy atom. The van der Waals surface area contributed by atoms with Crippen molar-refractivity contribution < 1.29 is 5.11 Å². The van der Waals surface area contributed by atoms with Crippen molar-refractivity contribution in [3.63, 3.8) is 0 Å². The summed E-state index contributed by atoms with van der Waals surface area (Å²) in [6.45, 7) is 1.94. The van der Waals surface area contributed by atoms with Crippen molar-refractivity contribution in [3.05, 3.63) is 45.9 Å². The van der Waals surface area contributed by atoms with Gasteiger partial charge in [-0.1, -0.05) is 41.4 Å². The number of phenols is 1. The molecule has 0 amide bonds. The number of fused-ring (bicyclic) bond motifs is 1. The van der Waals surface area contributed by atoms with Gasteiger partial charge in [-0.25, -0.2) is 0 Å². The number of halogens is 2. The number of rotatable bonds is 3. The number of hydrogen-bond acceptors (Lipinski definition) is 5. The number of anilines is 1. The Hall–Kier alpha value is -1.56. The van der Waals surface area contributed by atoms with Gasteiger partial charge >= 0.3 is 0 Å². The Kier molecular flexibility index (Phi) is 3.89. The SMILES string of the molecule is CC(Nc1c(Cl)cc(Cl)c2nsnc12)c1ccccc1O. The molecule has 4 nitrogen and oxygen atoms in total. The lowest BCUT2D eigenvalue weighted by Gasteiger charge is -2.18. The maximum absolute atomic E-state index is 9.93. The molecule has 2 aromatic carbocycles. The van der Waals surface area contributed by atoms with Crippen molar-refractivity contribution in [2.24, 2.45) is 0 Å². The van der Waals surface area contributed by atoms with Crippen LogP contribution in [0.25, 0.3) is 11.0 Å². The molecular formula is C14H11Cl2N3OS. The van der Waals surface area contributed by atoms with E-state index in [4.69, 9.17) is 23.2 Å². The first-order chi connectivity index (χ1) is 10.1. The Morgan fingerprint density at radius 3 is 2.62 bits per heavy atom. The highest BCUT2D eigenvalue weighted by atomic mass is 35.5. The highest BCUT2D eigenvalue weighted by Gasteiger charge is 2.17. The van der Waals surface area contributed by atoms with Crippen molar-refractivity contribution in [2.75, 3.05) is 5.32 Å². The first kappa shape index (κ1) is 14.4. The predicted molar refractivity (Wildman–Crippen MR) is 87.6 cm³/mol. The van der Waals surface area contributed by atoms with E-state index in [-0.39, 0.29) is 11.8 Å². The standard InChI is InChI=1S/C14H11Cl2N3OS/c1-7(8-4-2-3-5-11(8)20)17-12-9(15)6-10(16)13-14(12)19-21-18-13/h2-7,17,20H,1H3. The molecule has 0 saturated carbocycles. The van der Waals surface area contributed by atoms with Crippen LogP contribution in [0.15, 0.2) is 30.3 Å². The third-order valence-corrected chi connectivity index (χ3v) is 4.32. The molecule has 1 atom stereocenters. The van der Waals surface area contributed by atoms with Gasteiger partial charge in [0.2, 0.25) is 0 Å². The second-order valence-corrected chi connectivity index (χ2v) is 5.94. The fourth-order valence-corrected chi connectivity index (χ4v) is 3.33. The number of phenolic OH excluding ortho intramolecular Hbond substituents is 1. The average Bonchev–Trinajstić information content (AvgIpc) is 2.93. The van der Waals surface area contributed by atoms with Crippen molar-refractivity contribution in [1.29, 1.82) is 0 Å². The van der Waals surface area contributed by atoms with Crippen molar-refractivity contribution >= 4 is 51.7 Å². The second kappa shape index (κ2) is 5.67. The summed E-state index contributed by atoms with van der Waals surface area (Å²) in [5.41, 5.74) is 2.71. The molecule has 2 N–H and O–H groups in total. The molecule has 1 heterocycles. The Bertz CT molecular complexity index is 806. The topological polar surface area (TPSA) is 58.0 Å². The van der Waals surface area contributed by atoms with Gasteiger partial charge in [0.05, 0.1) is 33.5 Å². The molecule has 1 unspecified atom stereocenters. The lowest BCUT2D eigenvalue weighted by atomic mass is 10.1. The van der Waals surface area contributed by atoms with Gasteiger partial charge in [0.1, 0.15) is 16.8 Å². The first-order valence-corrected chi connectivity index (χ1v) is 7.71. The number of aromatic hydroxyl groups is 1. The minimum atomic E-state index is -0.144. The summed E-state index contributed by atoms with van der Waals surface area (Å²) in [5.74, 6) is 0.232. The predicted octanol–water partition coefficient (Wildman–Crippen LogP) is 4.88. The molecular weight excluding hydrogens is 329 g/mol. The van der Waals surface area contributed by atoms with E-state index in [0.717, 1.165) is 17.3 Å². The van der Waals surface area contributed by atoms with Gasteiger partial charge in [-0.2, -0.15) is 8.75 Å². The number of nitrogens with one attached hydrogen (secondary N) is 1. The van der Waals surface area contributed by atoms with E-state index >= 15 is 0 Å². The molecule has 0 saturated heterocycles. The molecule has 7 heteroatoms. The maximum atomic E-state index is 9.93. The Balaban J connectivity index is 2.02. The lowest BCUT2D eigenvalue weighted by molar-refractivity contribution is 0.465. The van der Waals surface area contributed by atoms with Gasteiger partial charge in [-0.15, -0.1) is 0 Å². The largest absolute Gasteiger partial charge is 0.508 e. The summed E-state index contributed by atoms with van der Waals surface area (Å²) in [7, 11) is 0. The van der Waals surface area contributed by atoms with Gasteiger partial charge in [0.15, 0.2) is 0 Å². The number of nitrogens with zero attached hydrogens (tertiary/aromatic N) is 2. The number of benzene rings is 2. The summed E-state index contributed by atoms with van der Waals surface area (Å²) in [6, 6.07) is 8.66. The zero-order chi connectivity index (χ0) is 15.0. The maximum Gasteiger partial charge on any atom is 0.130 e. The van der Waals surface area contributed by atoms with Crippen molar-refractivity contribution in [3.8, 4) is 5.75 Å². The fraction of sp³-hybridized carbons (Fsp3) is 0.143. The average molecular weight is 340 g/mol. The third kappa shape index (κ3) is 2.64. The zero-order valence-electron chi connectivity index (χ0n) is 11.0. The van der Waals surface area contributed by atoms with Gasteiger partial charge in [0.25, 0.3) is 0 Å². The summed E-state index contributed by atoms with van der Waals surface area (Å²) in [4.78, 5) is 0. The number of para-hydroxylation sites is 1. The van der Waals surface area contributed by atoms with Crippen molar-refractivity contribution in [2.45, 2.75) is 13.0 Å². The summed E-state index contributed by atoms with van der Waals surface area (Å²) >= 11 is 13.5. The first-order valence-electron chi connectivity index (χ1n) is 6.22. The van der Waals surface area contributed by atoms with Crippen LogP contribution in [0.1, 0.15) is 18.5 Å². The van der Waals surface area contributed by atoms with Crippen LogP contribution in [0, 0.1) is 0 Å². The molecule has 3 aromatic rings. The van der Waals surface area contributed by atoms with E-state index in [0.29, 0.717) is 26.8 Å². The molecule has 3 rings (SSSR count). The van der Waals surface area contributed by atoms with Crippen LogP contribution in [0.4, 0.5) is 5.69 Å². The van der Waals surface area contributed by atoms with E-state index in [1.165, 1.54) is 0 Å². The highest BCUT2D eigenvalue weighted by molar-refractivity contribution is 7.00. The van der Waals surface area contributed by atoms with Crippen LogP contribution in [-0.2, 0) is 0 Å². The molecule has 0 radical (unpaired) electrons. The normalized spacial score (nSPS) is 12.5. The van der Waals surface area contributed by atoms with Crippen LogP contribution < -0.4 is 5.32 Å². The van der Waals surface area contributed by atoms with Crippen LogP contribution in [0.3, 0.4) is 0 Å². The van der Waals surface area contributed by atoms with E-state index < -0.39 is 0 Å². The second-order valence-electron chi connectivity index (χ2n) is 4.60. The van der Waals surface area contributed by atoms with E-state index in [9.17, 15) is 5.11 Å². The lowest BCUT2D eigenvalue weighted by Crippen LogP contribution is -2.07. The Morgan fingerprint density at radius 2 is 1.86 bits per heavy atom. The van der Waals surface area contributed by atoms with Gasteiger partial charge < -0.3 is 10.4 Å². The van der Waals surface area contributed by atoms with E-state index in [2.05, 4.69) is 14.1 Å². The molecule has 0 spiro atoms. The van der Waals surface area contributed by atoms with Gasteiger partial charge in [0, 0.05) is 5.56 Å². The van der Waals surface area contributed by atoms with Gasteiger partial charge in [-0.05, 0) is 19.1 Å². The highest BCUT2D eigenvalue weighted by Crippen LogP contribution is 2.37. The molecule has 0 aliphatic heterocycles. The minimum Gasteiger partial charge on any atom is -0.508 e. The van der Waals surface area contributed by atoms with Crippen molar-refractivity contribution in [1.82, 2.24) is 8.75 Å². The molecule has 1 aromatic heterocycles. The minimum absolute atomic E-state index is 0.144. The number of hydrogen-bond donors (Lipinski definition) is 2. The summed E-state index contributed by atoms with van der Waals surface area (Å²) < 4.78 is 8.41. The van der Waals surface area contributed by atoms with E-state index in [1.807, 2.05) is 19.1 Å². The van der Waals surface area contributed by atoms with E-state index in [1.54, 1.807) is 18.2 Å². The monoisotopic (exact) mass is 339 g/mol. The molecule has 0 bridgehead atoms. The molecule has 0 fully saturated rings. The number of aromatic nitrogens is 2. The smallest absolute Gasteiger partial charge is 0.130 e.